The van der Waals surface area contributed by atoms with Crippen LogP contribution in [0.3, 0.4) is 0 Å². The number of amidine groups is 1. The van der Waals surface area contributed by atoms with Gasteiger partial charge < -0.3 is 5.11 Å². The number of carbonyl (C=O) groups excluding carboxylic acids is 1. The number of rotatable bonds is 1. The van der Waals surface area contributed by atoms with E-state index >= 15 is 0 Å². The van der Waals surface area contributed by atoms with Gasteiger partial charge in [-0.25, -0.2) is 13.8 Å². The molecule has 0 fully saturated rings. The van der Waals surface area contributed by atoms with Gasteiger partial charge in [-0.05, 0) is 23.8 Å². The summed E-state index contributed by atoms with van der Waals surface area (Å²) in [6, 6.07) is 1.33. The van der Waals surface area contributed by atoms with Gasteiger partial charge in [0, 0.05) is 7.05 Å². The van der Waals surface area contributed by atoms with Crippen LogP contribution in [0, 0.1) is 11.6 Å². The lowest BCUT2D eigenvalue weighted by atomic mass is 10.1. The van der Waals surface area contributed by atoms with Gasteiger partial charge >= 0.3 is 6.18 Å². The first kappa shape index (κ1) is 14.9. The first-order valence-electron chi connectivity index (χ1n) is 5.45. The summed E-state index contributed by atoms with van der Waals surface area (Å²) in [7, 11) is 0.882. The third-order valence-electron chi connectivity index (χ3n) is 2.66. The number of halogens is 5. The zero-order valence-corrected chi connectivity index (χ0v) is 10.4. The van der Waals surface area contributed by atoms with Crippen molar-refractivity contribution in [3.63, 3.8) is 0 Å². The highest BCUT2D eigenvalue weighted by Crippen LogP contribution is 2.28. The van der Waals surface area contributed by atoms with Crippen molar-refractivity contribution in [2.24, 2.45) is 4.99 Å². The summed E-state index contributed by atoms with van der Waals surface area (Å²) >= 11 is 0. The number of aliphatic imine (C=N–C) groups is 1. The number of hydrogen-bond donors (Lipinski definition) is 1. The van der Waals surface area contributed by atoms with Gasteiger partial charge in [0.15, 0.2) is 17.4 Å². The number of likely N-dealkylation sites (N-methyl/N-ethyl adjacent to an activating group) is 1. The molecule has 0 radical (unpaired) electrons. The molecule has 0 unspecified atom stereocenters. The van der Waals surface area contributed by atoms with Gasteiger partial charge in [0.1, 0.15) is 5.70 Å². The maximum Gasteiger partial charge on any atom is 0.449 e. The number of aromatic hydroxyl groups is 1. The van der Waals surface area contributed by atoms with Gasteiger partial charge in [0.25, 0.3) is 5.91 Å². The molecule has 0 saturated carbocycles. The van der Waals surface area contributed by atoms with Crippen molar-refractivity contribution in [3.8, 4) is 5.75 Å². The lowest BCUT2D eigenvalue weighted by Crippen LogP contribution is -2.37. The zero-order chi connectivity index (χ0) is 15.9. The summed E-state index contributed by atoms with van der Waals surface area (Å²) in [5.74, 6) is -6.30. The predicted octanol–water partition coefficient (Wildman–Crippen LogP) is 2.44. The molecule has 2 rings (SSSR count). The highest BCUT2D eigenvalue weighted by Gasteiger charge is 2.45. The van der Waals surface area contributed by atoms with Crippen LogP contribution >= 0.6 is 0 Å². The monoisotopic (exact) mass is 306 g/mol. The standard InChI is InChI=1S/C12H7F5N2O2/c1-19-10(21)8(18-11(19)12(15,16)17)4-5-2-6(13)9(20)7(14)3-5/h2-4,20H,1H3/b8-4-. The van der Waals surface area contributed by atoms with E-state index in [1.807, 2.05) is 0 Å². The number of benzene rings is 1. The lowest BCUT2D eigenvalue weighted by Gasteiger charge is -2.13. The smallest absolute Gasteiger partial charge is 0.449 e. The molecular formula is C12H7F5N2O2. The van der Waals surface area contributed by atoms with Gasteiger partial charge in [0.2, 0.25) is 5.84 Å². The van der Waals surface area contributed by atoms with E-state index < -0.39 is 41.0 Å². The second-order valence-electron chi connectivity index (χ2n) is 4.16. The quantitative estimate of drug-likeness (QED) is 0.640. The third-order valence-corrected chi connectivity index (χ3v) is 2.66. The molecule has 1 heterocycles. The summed E-state index contributed by atoms with van der Waals surface area (Å²) in [6.45, 7) is 0. The number of phenolic OH excluding ortho intramolecular Hbond substituents is 1. The fourth-order valence-corrected chi connectivity index (χ4v) is 1.68. The van der Waals surface area contributed by atoms with E-state index in [0.717, 1.165) is 13.1 Å². The molecule has 0 aliphatic carbocycles. The Morgan fingerprint density at radius 1 is 1.24 bits per heavy atom. The van der Waals surface area contributed by atoms with E-state index in [4.69, 9.17) is 5.11 Å². The molecule has 1 aromatic carbocycles. The first-order valence-corrected chi connectivity index (χ1v) is 5.45. The highest BCUT2D eigenvalue weighted by atomic mass is 19.4. The molecule has 0 spiro atoms. The van der Waals surface area contributed by atoms with E-state index in [2.05, 4.69) is 4.99 Å². The summed E-state index contributed by atoms with van der Waals surface area (Å²) in [5, 5.41) is 8.91. The van der Waals surface area contributed by atoms with Gasteiger partial charge in [-0.3, -0.25) is 9.69 Å². The van der Waals surface area contributed by atoms with E-state index in [1.165, 1.54) is 0 Å². The van der Waals surface area contributed by atoms with E-state index in [9.17, 15) is 26.7 Å². The SMILES string of the molecule is CN1C(=O)/C(=C/c2cc(F)c(O)c(F)c2)N=C1C(F)(F)F. The molecule has 9 heteroatoms. The molecule has 0 bridgehead atoms. The Morgan fingerprint density at radius 2 is 1.76 bits per heavy atom. The molecule has 4 nitrogen and oxygen atoms in total. The highest BCUT2D eigenvalue weighted by molar-refractivity contribution is 6.15. The molecule has 112 valence electrons. The van der Waals surface area contributed by atoms with Crippen molar-refractivity contribution < 1.29 is 31.9 Å². The summed E-state index contributed by atoms with van der Waals surface area (Å²) in [4.78, 5) is 15.0. The maximum absolute atomic E-state index is 13.1. The number of hydrogen-bond acceptors (Lipinski definition) is 3. The van der Waals surface area contributed by atoms with E-state index in [-0.39, 0.29) is 5.56 Å². The topological polar surface area (TPSA) is 52.9 Å². The van der Waals surface area contributed by atoms with Crippen molar-refractivity contribution in [1.82, 2.24) is 4.90 Å². The number of amides is 1. The van der Waals surface area contributed by atoms with Crippen LogP contribution in [0.15, 0.2) is 22.8 Å². The molecule has 1 amide bonds. The van der Waals surface area contributed by atoms with Crippen LogP contribution in [0.5, 0.6) is 5.75 Å². The van der Waals surface area contributed by atoms with Crippen LogP contribution in [0.25, 0.3) is 6.08 Å². The summed E-state index contributed by atoms with van der Waals surface area (Å²) in [5.41, 5.74) is -0.860. The van der Waals surface area contributed by atoms with E-state index in [0.29, 0.717) is 17.0 Å². The van der Waals surface area contributed by atoms with Crippen molar-refractivity contribution in [3.05, 3.63) is 35.0 Å². The molecule has 1 aliphatic rings. The minimum Gasteiger partial charge on any atom is -0.503 e. The minimum atomic E-state index is -4.83. The van der Waals surface area contributed by atoms with Gasteiger partial charge in [-0.2, -0.15) is 13.2 Å². The number of phenols is 1. The maximum atomic E-state index is 13.1. The average Bonchev–Trinajstić information content (AvgIpc) is 2.64. The number of nitrogens with zero attached hydrogens (tertiary/aromatic N) is 2. The third kappa shape index (κ3) is 2.71. The first-order chi connectivity index (χ1) is 9.61. The van der Waals surface area contributed by atoms with Gasteiger partial charge in [-0.15, -0.1) is 0 Å². The summed E-state index contributed by atoms with van der Waals surface area (Å²) in [6.07, 6.45) is -4.03. The van der Waals surface area contributed by atoms with E-state index in [1.54, 1.807) is 0 Å². The summed E-state index contributed by atoms with van der Waals surface area (Å²) < 4.78 is 64.0. The van der Waals surface area contributed by atoms with Gasteiger partial charge in [0.05, 0.1) is 0 Å². The van der Waals surface area contributed by atoms with Crippen LogP contribution in [-0.4, -0.2) is 35.0 Å². The average molecular weight is 306 g/mol. The largest absolute Gasteiger partial charge is 0.503 e. The Bertz CT molecular complexity index is 656. The Hall–Kier alpha value is -2.45. The molecule has 0 saturated heterocycles. The minimum absolute atomic E-state index is 0.244. The molecule has 1 aromatic rings. The van der Waals surface area contributed by atoms with Crippen molar-refractivity contribution in [2.75, 3.05) is 7.05 Å². The zero-order valence-electron chi connectivity index (χ0n) is 10.4. The Morgan fingerprint density at radius 3 is 2.19 bits per heavy atom. The molecule has 0 atom stereocenters. The lowest BCUT2D eigenvalue weighted by molar-refractivity contribution is -0.124. The van der Waals surface area contributed by atoms with Gasteiger partial charge in [-0.1, -0.05) is 0 Å². The second kappa shape index (κ2) is 4.83. The molecule has 1 N–H and O–H groups in total. The van der Waals surface area contributed by atoms with Crippen LogP contribution < -0.4 is 0 Å². The Kier molecular flexibility index (Phi) is 3.44. The molecular weight excluding hydrogens is 299 g/mol. The van der Waals surface area contributed by atoms with Crippen LogP contribution in [0.4, 0.5) is 22.0 Å². The van der Waals surface area contributed by atoms with Crippen LogP contribution in [-0.2, 0) is 4.79 Å². The van der Waals surface area contributed by atoms with Crippen molar-refractivity contribution in [2.45, 2.75) is 6.18 Å². The molecule has 1 aliphatic heterocycles. The Labute approximate surface area is 114 Å². The number of alkyl halides is 3. The molecule has 0 aromatic heterocycles. The fourth-order valence-electron chi connectivity index (χ4n) is 1.68. The predicted molar refractivity (Wildman–Crippen MR) is 62.3 cm³/mol. The molecule has 21 heavy (non-hydrogen) atoms. The van der Waals surface area contributed by atoms with Crippen LogP contribution in [0.1, 0.15) is 5.56 Å². The second-order valence-corrected chi connectivity index (χ2v) is 4.16. The fraction of sp³-hybridized carbons (Fsp3) is 0.167. The van der Waals surface area contributed by atoms with Crippen molar-refractivity contribution >= 4 is 17.8 Å². The van der Waals surface area contributed by atoms with Crippen LogP contribution in [0.2, 0.25) is 0 Å². The normalized spacial score (nSPS) is 17.6. The van der Waals surface area contributed by atoms with Crippen molar-refractivity contribution in [1.29, 1.82) is 0 Å². The number of carbonyl (C=O) groups is 1. The Balaban J connectivity index is 2.47.